The smallest absolute Gasteiger partial charge is 0.330 e. The summed E-state index contributed by atoms with van der Waals surface area (Å²) in [6.45, 7) is 7.90. The van der Waals surface area contributed by atoms with Gasteiger partial charge in [0.05, 0.1) is 6.61 Å². The zero-order chi connectivity index (χ0) is 17.7. The molecule has 0 amide bonds. The maximum absolute atomic E-state index is 11.4. The normalized spacial score (nSPS) is 10.8. The second-order valence-electron chi connectivity index (χ2n) is 5.68. The summed E-state index contributed by atoms with van der Waals surface area (Å²) >= 11 is 0. The van der Waals surface area contributed by atoms with E-state index >= 15 is 0 Å². The van der Waals surface area contributed by atoms with E-state index in [0.717, 1.165) is 33.6 Å². The monoisotopic (exact) mass is 325 g/mol. The molecule has 4 nitrogen and oxygen atoms in total. The lowest BCUT2D eigenvalue weighted by molar-refractivity contribution is -0.137. The molecule has 0 bridgehead atoms. The number of phenolic OH excluding ortho intramolecular Hbond substituents is 1. The van der Waals surface area contributed by atoms with Crippen molar-refractivity contribution in [2.75, 3.05) is 11.9 Å². The SMILES string of the molecule is CCOC(=O)/C=C/c1cccc(Nc2cc(C)c(O)c(C)c2C)c1. The number of nitrogens with one attached hydrogen (secondary N) is 1. The molecule has 0 aliphatic heterocycles. The van der Waals surface area contributed by atoms with Gasteiger partial charge in [0.2, 0.25) is 0 Å². The van der Waals surface area contributed by atoms with Gasteiger partial charge in [-0.25, -0.2) is 4.79 Å². The van der Waals surface area contributed by atoms with Crippen LogP contribution in [0.4, 0.5) is 11.4 Å². The lowest BCUT2D eigenvalue weighted by Crippen LogP contribution is -1.99. The third kappa shape index (κ3) is 4.16. The van der Waals surface area contributed by atoms with Gasteiger partial charge in [-0.3, -0.25) is 0 Å². The highest BCUT2D eigenvalue weighted by molar-refractivity contribution is 5.87. The molecule has 24 heavy (non-hydrogen) atoms. The molecular formula is C20H23NO3. The van der Waals surface area contributed by atoms with E-state index in [1.54, 1.807) is 13.0 Å². The number of aromatic hydroxyl groups is 1. The maximum atomic E-state index is 11.4. The second kappa shape index (κ2) is 7.68. The van der Waals surface area contributed by atoms with Crippen molar-refractivity contribution in [3.8, 4) is 5.75 Å². The summed E-state index contributed by atoms with van der Waals surface area (Å²) in [7, 11) is 0. The fourth-order valence-corrected chi connectivity index (χ4v) is 2.43. The zero-order valence-corrected chi connectivity index (χ0v) is 14.5. The molecule has 0 atom stereocenters. The number of esters is 1. The van der Waals surface area contributed by atoms with Crippen molar-refractivity contribution < 1.29 is 14.6 Å². The van der Waals surface area contributed by atoms with E-state index in [1.807, 2.05) is 51.1 Å². The summed E-state index contributed by atoms with van der Waals surface area (Å²) in [6, 6.07) is 9.67. The van der Waals surface area contributed by atoms with Crippen LogP contribution in [0, 0.1) is 20.8 Å². The van der Waals surface area contributed by atoms with E-state index in [-0.39, 0.29) is 5.97 Å². The molecule has 0 saturated carbocycles. The number of aryl methyl sites for hydroxylation is 1. The summed E-state index contributed by atoms with van der Waals surface area (Å²) in [4.78, 5) is 11.4. The van der Waals surface area contributed by atoms with Gasteiger partial charge in [-0.2, -0.15) is 0 Å². The number of anilines is 2. The van der Waals surface area contributed by atoms with Gasteiger partial charge in [0, 0.05) is 17.5 Å². The molecule has 2 N–H and O–H groups in total. The van der Waals surface area contributed by atoms with E-state index in [0.29, 0.717) is 12.4 Å². The van der Waals surface area contributed by atoms with Crippen LogP contribution in [0.15, 0.2) is 36.4 Å². The molecule has 0 heterocycles. The lowest BCUT2D eigenvalue weighted by Gasteiger charge is -2.15. The number of carbonyl (C=O) groups excluding carboxylic acids is 1. The molecule has 0 unspecified atom stereocenters. The molecule has 4 heteroatoms. The van der Waals surface area contributed by atoms with Crippen LogP contribution in [-0.2, 0) is 9.53 Å². The van der Waals surface area contributed by atoms with Crippen molar-refractivity contribution in [2.45, 2.75) is 27.7 Å². The average Bonchev–Trinajstić information content (AvgIpc) is 2.56. The summed E-state index contributed by atoms with van der Waals surface area (Å²) in [5.41, 5.74) is 5.47. The quantitative estimate of drug-likeness (QED) is 0.478. The first-order valence-corrected chi connectivity index (χ1v) is 7.94. The van der Waals surface area contributed by atoms with Gasteiger partial charge in [-0.15, -0.1) is 0 Å². The van der Waals surface area contributed by atoms with Crippen LogP contribution in [0.5, 0.6) is 5.75 Å². The third-order valence-electron chi connectivity index (χ3n) is 3.92. The van der Waals surface area contributed by atoms with Gasteiger partial charge in [0.1, 0.15) is 5.75 Å². The minimum atomic E-state index is -0.350. The van der Waals surface area contributed by atoms with Gasteiger partial charge in [0.15, 0.2) is 0 Å². The Morgan fingerprint density at radius 2 is 1.96 bits per heavy atom. The van der Waals surface area contributed by atoms with Gasteiger partial charge in [-0.05, 0) is 74.2 Å². The summed E-state index contributed by atoms with van der Waals surface area (Å²) in [5, 5.41) is 13.4. The summed E-state index contributed by atoms with van der Waals surface area (Å²) < 4.78 is 4.88. The standard InChI is InChI=1S/C20H23NO3/c1-5-24-19(22)10-9-16-7-6-8-17(12-16)21-18-11-13(2)20(23)15(4)14(18)3/h6-12,21,23H,5H2,1-4H3/b10-9+. The lowest BCUT2D eigenvalue weighted by atomic mass is 10.0. The van der Waals surface area contributed by atoms with E-state index in [9.17, 15) is 9.90 Å². The second-order valence-corrected chi connectivity index (χ2v) is 5.68. The van der Waals surface area contributed by atoms with Gasteiger partial charge < -0.3 is 15.2 Å². The Balaban J connectivity index is 2.23. The van der Waals surface area contributed by atoms with Crippen molar-refractivity contribution in [1.29, 1.82) is 0 Å². The zero-order valence-electron chi connectivity index (χ0n) is 14.5. The Bertz CT molecular complexity index is 779. The molecule has 2 aromatic carbocycles. The number of phenols is 1. The van der Waals surface area contributed by atoms with Crippen LogP contribution < -0.4 is 5.32 Å². The number of benzene rings is 2. The first-order valence-electron chi connectivity index (χ1n) is 7.94. The van der Waals surface area contributed by atoms with Gasteiger partial charge in [0.25, 0.3) is 0 Å². The molecule has 2 aromatic rings. The number of rotatable bonds is 5. The fraction of sp³-hybridized carbons (Fsp3) is 0.250. The molecule has 2 rings (SSSR count). The predicted octanol–water partition coefficient (Wildman–Crippen LogP) is 4.64. The number of hydrogen-bond donors (Lipinski definition) is 2. The van der Waals surface area contributed by atoms with E-state index < -0.39 is 0 Å². The highest BCUT2D eigenvalue weighted by Crippen LogP contribution is 2.32. The van der Waals surface area contributed by atoms with Crippen molar-refractivity contribution in [2.24, 2.45) is 0 Å². The van der Waals surface area contributed by atoms with Crippen LogP contribution >= 0.6 is 0 Å². The number of carbonyl (C=O) groups is 1. The highest BCUT2D eigenvalue weighted by atomic mass is 16.5. The summed E-state index contributed by atoms with van der Waals surface area (Å²) in [5.74, 6) is -0.0133. The van der Waals surface area contributed by atoms with Crippen molar-refractivity contribution in [3.63, 3.8) is 0 Å². The first-order chi connectivity index (χ1) is 11.4. The minimum Gasteiger partial charge on any atom is -0.507 e. The van der Waals surface area contributed by atoms with E-state index in [4.69, 9.17) is 4.74 Å². The Labute approximate surface area is 142 Å². The summed E-state index contributed by atoms with van der Waals surface area (Å²) in [6.07, 6.45) is 3.14. The Morgan fingerprint density at radius 1 is 1.21 bits per heavy atom. The predicted molar refractivity (Wildman–Crippen MR) is 97.7 cm³/mol. The molecule has 0 aromatic heterocycles. The van der Waals surface area contributed by atoms with Crippen molar-refractivity contribution in [3.05, 3.63) is 58.7 Å². The Hall–Kier alpha value is -2.75. The maximum Gasteiger partial charge on any atom is 0.330 e. The van der Waals surface area contributed by atoms with Gasteiger partial charge >= 0.3 is 5.97 Å². The molecule has 0 radical (unpaired) electrons. The molecule has 0 spiro atoms. The Morgan fingerprint density at radius 3 is 2.67 bits per heavy atom. The van der Waals surface area contributed by atoms with Crippen LogP contribution in [0.1, 0.15) is 29.2 Å². The molecule has 0 aliphatic carbocycles. The molecule has 0 saturated heterocycles. The Kier molecular flexibility index (Phi) is 5.64. The number of hydrogen-bond acceptors (Lipinski definition) is 4. The van der Waals surface area contributed by atoms with Gasteiger partial charge in [-0.1, -0.05) is 12.1 Å². The third-order valence-corrected chi connectivity index (χ3v) is 3.92. The first kappa shape index (κ1) is 17.6. The number of ether oxygens (including phenoxy) is 1. The van der Waals surface area contributed by atoms with E-state index in [1.165, 1.54) is 6.08 Å². The van der Waals surface area contributed by atoms with Crippen molar-refractivity contribution >= 4 is 23.4 Å². The average molecular weight is 325 g/mol. The molecule has 126 valence electrons. The largest absolute Gasteiger partial charge is 0.507 e. The molecular weight excluding hydrogens is 302 g/mol. The molecule has 0 fully saturated rings. The van der Waals surface area contributed by atoms with Crippen molar-refractivity contribution in [1.82, 2.24) is 0 Å². The van der Waals surface area contributed by atoms with Crippen LogP contribution in [-0.4, -0.2) is 17.7 Å². The van der Waals surface area contributed by atoms with Crippen LogP contribution in [0.3, 0.4) is 0 Å². The van der Waals surface area contributed by atoms with E-state index in [2.05, 4.69) is 5.32 Å². The fourth-order valence-electron chi connectivity index (χ4n) is 2.43. The van der Waals surface area contributed by atoms with Crippen LogP contribution in [0.25, 0.3) is 6.08 Å². The topological polar surface area (TPSA) is 58.6 Å². The molecule has 0 aliphatic rings. The minimum absolute atomic E-state index is 0.337. The van der Waals surface area contributed by atoms with Crippen LogP contribution in [0.2, 0.25) is 0 Å². The highest BCUT2D eigenvalue weighted by Gasteiger charge is 2.09.